The van der Waals surface area contributed by atoms with Crippen molar-refractivity contribution >= 4 is 17.3 Å². The van der Waals surface area contributed by atoms with Gasteiger partial charge in [-0.25, -0.2) is 0 Å². The molecule has 4 nitrogen and oxygen atoms in total. The van der Waals surface area contributed by atoms with Gasteiger partial charge in [0.1, 0.15) is 24.2 Å². The molecule has 0 aliphatic carbocycles. The minimum Gasteiger partial charge on any atom is -0.497 e. The molecule has 1 N–H and O–H groups in total. The quantitative estimate of drug-likeness (QED) is 0.826. The van der Waals surface area contributed by atoms with Gasteiger partial charge in [-0.1, -0.05) is 11.6 Å². The maximum atomic E-state index is 8.80. The Balaban J connectivity index is 1.79. The van der Waals surface area contributed by atoms with Crippen LogP contribution in [0.1, 0.15) is 5.56 Å². The van der Waals surface area contributed by atoms with Gasteiger partial charge < -0.3 is 14.8 Å². The van der Waals surface area contributed by atoms with E-state index in [1.165, 1.54) is 0 Å². The lowest BCUT2D eigenvalue weighted by molar-refractivity contribution is 0.332. The molecule has 108 valence electrons. The van der Waals surface area contributed by atoms with Gasteiger partial charge in [0.05, 0.1) is 17.7 Å². The van der Waals surface area contributed by atoms with Crippen LogP contribution in [0.15, 0.2) is 42.5 Å². The predicted molar refractivity (Wildman–Crippen MR) is 83.1 cm³/mol. The number of methoxy groups -OCH3 is 1. The first-order valence-electron chi connectivity index (χ1n) is 6.43. The number of benzene rings is 2. The molecule has 2 rings (SSSR count). The van der Waals surface area contributed by atoms with Crippen LogP contribution in [0.3, 0.4) is 0 Å². The summed E-state index contributed by atoms with van der Waals surface area (Å²) in [5.41, 5.74) is 1.33. The van der Waals surface area contributed by atoms with E-state index in [-0.39, 0.29) is 0 Å². The summed E-state index contributed by atoms with van der Waals surface area (Å²) in [4.78, 5) is 0. The van der Waals surface area contributed by atoms with E-state index in [1.54, 1.807) is 19.2 Å². The fourth-order valence-electron chi connectivity index (χ4n) is 1.75. The minimum atomic E-state index is 0.443. The van der Waals surface area contributed by atoms with E-state index >= 15 is 0 Å². The minimum absolute atomic E-state index is 0.443. The van der Waals surface area contributed by atoms with Gasteiger partial charge in [-0.15, -0.1) is 0 Å². The van der Waals surface area contributed by atoms with E-state index in [9.17, 15) is 0 Å². The molecule has 21 heavy (non-hydrogen) atoms. The van der Waals surface area contributed by atoms with Crippen molar-refractivity contribution < 1.29 is 9.47 Å². The Bertz CT molecular complexity index is 636. The topological polar surface area (TPSA) is 54.3 Å². The Labute approximate surface area is 128 Å². The molecule has 0 amide bonds. The van der Waals surface area contributed by atoms with Gasteiger partial charge in [-0.05, 0) is 42.5 Å². The molecule has 0 radical (unpaired) electrons. The lowest BCUT2D eigenvalue weighted by atomic mass is 10.2. The summed E-state index contributed by atoms with van der Waals surface area (Å²) in [5, 5.41) is 12.4. The summed E-state index contributed by atoms with van der Waals surface area (Å²) in [6.07, 6.45) is 0. The maximum absolute atomic E-state index is 8.80. The van der Waals surface area contributed by atoms with Gasteiger partial charge in [0.15, 0.2) is 0 Å². The second-order valence-electron chi connectivity index (χ2n) is 4.26. The van der Waals surface area contributed by atoms with Crippen LogP contribution in [0, 0.1) is 11.3 Å². The fourth-order valence-corrected chi connectivity index (χ4v) is 1.97. The van der Waals surface area contributed by atoms with E-state index in [4.69, 9.17) is 26.3 Å². The molecule has 0 spiro atoms. The number of anilines is 1. The van der Waals surface area contributed by atoms with Crippen molar-refractivity contribution in [2.45, 2.75) is 0 Å². The smallest absolute Gasteiger partial charge is 0.119 e. The molecular formula is C16H15ClN2O2. The number of nitriles is 1. The van der Waals surface area contributed by atoms with E-state index in [0.29, 0.717) is 23.7 Å². The lowest BCUT2D eigenvalue weighted by Gasteiger charge is -2.09. The summed E-state index contributed by atoms with van der Waals surface area (Å²) in [7, 11) is 1.63. The molecular weight excluding hydrogens is 288 g/mol. The molecule has 0 aliphatic heterocycles. The number of nitrogens with one attached hydrogen (secondary N) is 1. The van der Waals surface area contributed by atoms with Crippen molar-refractivity contribution in [3.8, 4) is 17.6 Å². The van der Waals surface area contributed by atoms with Crippen molar-refractivity contribution in [1.82, 2.24) is 0 Å². The molecule has 0 heterocycles. The molecule has 0 aliphatic rings. The van der Waals surface area contributed by atoms with Crippen LogP contribution in [0.25, 0.3) is 0 Å². The van der Waals surface area contributed by atoms with Crippen molar-refractivity contribution in [3.63, 3.8) is 0 Å². The zero-order valence-corrected chi connectivity index (χ0v) is 12.4. The molecule has 0 atom stereocenters. The highest BCUT2D eigenvalue weighted by atomic mass is 35.5. The van der Waals surface area contributed by atoms with Gasteiger partial charge in [0.2, 0.25) is 0 Å². The van der Waals surface area contributed by atoms with Gasteiger partial charge in [0.25, 0.3) is 0 Å². The number of rotatable bonds is 6. The van der Waals surface area contributed by atoms with E-state index < -0.39 is 0 Å². The molecule has 0 fully saturated rings. The maximum Gasteiger partial charge on any atom is 0.119 e. The second kappa shape index (κ2) is 7.41. The van der Waals surface area contributed by atoms with Crippen LogP contribution >= 0.6 is 11.6 Å². The third-order valence-corrected chi connectivity index (χ3v) is 3.16. The van der Waals surface area contributed by atoms with Crippen LogP contribution in [0.5, 0.6) is 11.5 Å². The first-order valence-corrected chi connectivity index (χ1v) is 6.81. The van der Waals surface area contributed by atoms with Gasteiger partial charge in [-0.3, -0.25) is 0 Å². The first kappa shape index (κ1) is 15.0. The van der Waals surface area contributed by atoms with Crippen LogP contribution < -0.4 is 14.8 Å². The second-order valence-corrected chi connectivity index (χ2v) is 4.66. The van der Waals surface area contributed by atoms with Crippen LogP contribution in [-0.4, -0.2) is 20.3 Å². The van der Waals surface area contributed by atoms with E-state index in [2.05, 4.69) is 5.32 Å². The molecule has 0 aromatic heterocycles. The molecule has 2 aromatic rings. The Hall–Kier alpha value is -2.38. The monoisotopic (exact) mass is 302 g/mol. The van der Waals surface area contributed by atoms with Gasteiger partial charge >= 0.3 is 0 Å². The third-order valence-electron chi connectivity index (χ3n) is 2.85. The SMILES string of the molecule is COc1ccc(OCCNc2ccc(C#N)c(Cl)c2)cc1. The highest BCUT2D eigenvalue weighted by Crippen LogP contribution is 2.20. The lowest BCUT2D eigenvalue weighted by Crippen LogP contribution is -2.11. The molecule has 0 unspecified atom stereocenters. The number of ether oxygens (including phenoxy) is 2. The summed E-state index contributed by atoms with van der Waals surface area (Å²) in [5.74, 6) is 1.59. The van der Waals surface area contributed by atoms with E-state index in [0.717, 1.165) is 17.2 Å². The van der Waals surface area contributed by atoms with Crippen molar-refractivity contribution in [1.29, 1.82) is 5.26 Å². The highest BCUT2D eigenvalue weighted by Gasteiger charge is 2.01. The van der Waals surface area contributed by atoms with Crippen LogP contribution in [0.4, 0.5) is 5.69 Å². The molecule has 2 aromatic carbocycles. The Morgan fingerprint density at radius 2 is 1.86 bits per heavy atom. The zero-order chi connectivity index (χ0) is 15.1. The Morgan fingerprint density at radius 1 is 1.14 bits per heavy atom. The van der Waals surface area contributed by atoms with E-state index in [1.807, 2.05) is 36.4 Å². The Kier molecular flexibility index (Phi) is 5.30. The summed E-state index contributed by atoms with van der Waals surface area (Å²) < 4.78 is 10.7. The summed E-state index contributed by atoms with van der Waals surface area (Å²) >= 11 is 5.96. The highest BCUT2D eigenvalue weighted by molar-refractivity contribution is 6.32. The van der Waals surface area contributed by atoms with Gasteiger partial charge in [-0.2, -0.15) is 5.26 Å². The predicted octanol–water partition coefficient (Wildman–Crippen LogP) is 3.71. The number of hydrogen-bond donors (Lipinski definition) is 1. The number of hydrogen-bond acceptors (Lipinski definition) is 4. The number of nitrogens with zero attached hydrogens (tertiary/aromatic N) is 1. The average molecular weight is 303 g/mol. The zero-order valence-electron chi connectivity index (χ0n) is 11.6. The van der Waals surface area contributed by atoms with Crippen LogP contribution in [0.2, 0.25) is 5.02 Å². The standard InChI is InChI=1S/C16H15ClN2O2/c1-20-14-4-6-15(7-5-14)21-9-8-19-13-3-2-12(11-18)16(17)10-13/h2-7,10,19H,8-9H2,1H3. The normalized spacial score (nSPS) is 9.76. The Morgan fingerprint density at radius 3 is 2.48 bits per heavy atom. The third kappa shape index (κ3) is 4.30. The van der Waals surface area contributed by atoms with Crippen molar-refractivity contribution in [2.24, 2.45) is 0 Å². The number of halogens is 1. The summed E-state index contributed by atoms with van der Waals surface area (Å²) in [6.45, 7) is 1.15. The fraction of sp³-hybridized carbons (Fsp3) is 0.188. The van der Waals surface area contributed by atoms with Crippen molar-refractivity contribution in [2.75, 3.05) is 25.6 Å². The summed E-state index contributed by atoms with van der Waals surface area (Å²) in [6, 6.07) is 14.7. The molecule has 5 heteroatoms. The largest absolute Gasteiger partial charge is 0.497 e. The molecule has 0 saturated heterocycles. The van der Waals surface area contributed by atoms with Crippen LogP contribution in [-0.2, 0) is 0 Å². The average Bonchev–Trinajstić information content (AvgIpc) is 2.52. The van der Waals surface area contributed by atoms with Crippen molar-refractivity contribution in [3.05, 3.63) is 53.1 Å². The van der Waals surface area contributed by atoms with Gasteiger partial charge in [0, 0.05) is 12.2 Å². The molecule has 0 bridgehead atoms. The molecule has 0 saturated carbocycles. The first-order chi connectivity index (χ1) is 10.2.